The molecule has 0 aromatic heterocycles. The van der Waals surface area contributed by atoms with Gasteiger partial charge in [0.15, 0.2) is 0 Å². The zero-order chi connectivity index (χ0) is 6.53. The smallest absolute Gasteiger partial charge is 0.0130 e. The van der Waals surface area contributed by atoms with Crippen molar-refractivity contribution in [3.63, 3.8) is 0 Å². The maximum atomic E-state index is 3.36. The van der Waals surface area contributed by atoms with Crippen molar-refractivity contribution < 1.29 is 0 Å². The lowest BCUT2D eigenvalue weighted by atomic mass is 10.2. The van der Waals surface area contributed by atoms with Crippen LogP contribution in [0.4, 0.5) is 0 Å². The average molecular weight is 139 g/mol. The first-order valence-corrected chi connectivity index (χ1v) is 3.92. The fourth-order valence-corrected chi connectivity index (χ4v) is 1.19. The Bertz CT molecular complexity index is 70.0. The molecular weight excluding hydrogens is 123 g/mol. The van der Waals surface area contributed by atoms with E-state index in [1.54, 1.807) is 0 Å². The van der Waals surface area contributed by atoms with E-state index in [0.29, 0.717) is 0 Å². The van der Waals surface area contributed by atoms with Crippen LogP contribution in [0.25, 0.3) is 0 Å². The Morgan fingerprint density at radius 1 is 1.30 bits per heavy atom. The van der Waals surface area contributed by atoms with Gasteiger partial charge in [-0.1, -0.05) is 13.3 Å². The second-order valence-corrected chi connectivity index (χ2v) is 2.55. The highest BCUT2D eigenvalue weighted by molar-refractivity contribution is 5.75. The van der Waals surface area contributed by atoms with Crippen LogP contribution >= 0.6 is 0 Å². The summed E-state index contributed by atoms with van der Waals surface area (Å²) in [6.45, 7) is 5.74. The summed E-state index contributed by atoms with van der Waals surface area (Å²) in [4.78, 5) is 0. The molecule has 1 heterocycles. The van der Waals surface area contributed by atoms with E-state index in [0.717, 1.165) is 6.54 Å². The molecule has 0 amide bonds. The SMILES string of the molecule is CCN1CCCCCN1.[B]. The molecule has 0 atom stereocenters. The van der Waals surface area contributed by atoms with Crippen molar-refractivity contribution in [3.8, 4) is 0 Å². The fraction of sp³-hybridized carbons (Fsp3) is 1.00. The topological polar surface area (TPSA) is 15.3 Å². The van der Waals surface area contributed by atoms with E-state index in [2.05, 4.69) is 17.4 Å². The first-order chi connectivity index (χ1) is 4.43. The van der Waals surface area contributed by atoms with Crippen molar-refractivity contribution >= 4 is 8.41 Å². The van der Waals surface area contributed by atoms with E-state index in [1.807, 2.05) is 0 Å². The second-order valence-electron chi connectivity index (χ2n) is 2.55. The van der Waals surface area contributed by atoms with Gasteiger partial charge in [-0.2, -0.15) is 0 Å². The first kappa shape index (κ1) is 9.98. The number of nitrogens with zero attached hydrogens (tertiary/aromatic N) is 1. The van der Waals surface area contributed by atoms with Crippen LogP contribution in [0, 0.1) is 0 Å². The molecule has 57 valence electrons. The van der Waals surface area contributed by atoms with Gasteiger partial charge < -0.3 is 0 Å². The summed E-state index contributed by atoms with van der Waals surface area (Å²) in [6, 6.07) is 0. The largest absolute Gasteiger partial charge is 0.255 e. The Hall–Kier alpha value is -0.0151. The van der Waals surface area contributed by atoms with Gasteiger partial charge in [0.2, 0.25) is 0 Å². The monoisotopic (exact) mass is 139 g/mol. The highest BCUT2D eigenvalue weighted by Crippen LogP contribution is 2.00. The molecule has 1 N–H and O–H groups in total. The van der Waals surface area contributed by atoms with Gasteiger partial charge >= 0.3 is 0 Å². The summed E-state index contributed by atoms with van der Waals surface area (Å²) >= 11 is 0. The average Bonchev–Trinajstić information content (AvgIpc) is 2.13. The van der Waals surface area contributed by atoms with E-state index in [1.165, 1.54) is 32.4 Å². The van der Waals surface area contributed by atoms with E-state index < -0.39 is 0 Å². The quantitative estimate of drug-likeness (QED) is 0.535. The van der Waals surface area contributed by atoms with Gasteiger partial charge in [-0.3, -0.25) is 5.43 Å². The molecule has 1 aliphatic heterocycles. The summed E-state index contributed by atoms with van der Waals surface area (Å²) in [6.07, 6.45) is 4.10. The van der Waals surface area contributed by atoms with Gasteiger partial charge in [0, 0.05) is 28.0 Å². The fourth-order valence-electron chi connectivity index (χ4n) is 1.19. The molecular formula is C7H16BN2. The van der Waals surface area contributed by atoms with Gasteiger partial charge in [0.25, 0.3) is 0 Å². The lowest BCUT2D eigenvalue weighted by Gasteiger charge is -2.17. The maximum Gasteiger partial charge on any atom is 0.0130 e. The van der Waals surface area contributed by atoms with Crippen LogP contribution in [0.2, 0.25) is 0 Å². The number of hydrazine groups is 1. The van der Waals surface area contributed by atoms with E-state index in [9.17, 15) is 0 Å². The lowest BCUT2D eigenvalue weighted by Crippen LogP contribution is -2.37. The summed E-state index contributed by atoms with van der Waals surface area (Å²) in [5.41, 5.74) is 3.36. The Morgan fingerprint density at radius 3 is 2.80 bits per heavy atom. The Balaban J connectivity index is 0.000000810. The summed E-state index contributed by atoms with van der Waals surface area (Å²) in [7, 11) is 0. The number of hydrogen-bond acceptors (Lipinski definition) is 2. The minimum absolute atomic E-state index is 0. The molecule has 1 saturated heterocycles. The van der Waals surface area contributed by atoms with E-state index in [4.69, 9.17) is 0 Å². The summed E-state index contributed by atoms with van der Waals surface area (Å²) in [5, 5.41) is 2.30. The van der Waals surface area contributed by atoms with Crippen LogP contribution in [-0.4, -0.2) is 33.1 Å². The van der Waals surface area contributed by atoms with Crippen LogP contribution in [0.3, 0.4) is 0 Å². The van der Waals surface area contributed by atoms with Crippen molar-refractivity contribution in [2.24, 2.45) is 0 Å². The summed E-state index contributed by atoms with van der Waals surface area (Å²) < 4.78 is 0. The number of rotatable bonds is 1. The molecule has 3 heteroatoms. The van der Waals surface area contributed by atoms with Gasteiger partial charge in [-0.05, 0) is 12.8 Å². The maximum absolute atomic E-state index is 3.36. The van der Waals surface area contributed by atoms with Gasteiger partial charge in [-0.15, -0.1) is 0 Å². The molecule has 2 nitrogen and oxygen atoms in total. The van der Waals surface area contributed by atoms with Crippen LogP contribution in [0.15, 0.2) is 0 Å². The Labute approximate surface area is 65.5 Å². The zero-order valence-electron chi connectivity index (χ0n) is 6.77. The Kier molecular flexibility index (Phi) is 5.74. The normalized spacial score (nSPS) is 21.3. The van der Waals surface area contributed by atoms with Crippen LogP contribution in [0.5, 0.6) is 0 Å². The minimum Gasteiger partial charge on any atom is -0.255 e. The molecule has 1 rings (SSSR count). The van der Waals surface area contributed by atoms with Gasteiger partial charge in [0.1, 0.15) is 0 Å². The highest BCUT2D eigenvalue weighted by Gasteiger charge is 2.03. The van der Waals surface area contributed by atoms with E-state index in [-0.39, 0.29) is 8.41 Å². The summed E-state index contributed by atoms with van der Waals surface area (Å²) in [5.74, 6) is 0. The molecule has 0 unspecified atom stereocenters. The van der Waals surface area contributed by atoms with Crippen molar-refractivity contribution in [3.05, 3.63) is 0 Å². The van der Waals surface area contributed by atoms with Crippen molar-refractivity contribution in [2.75, 3.05) is 19.6 Å². The number of nitrogens with one attached hydrogen (secondary N) is 1. The lowest BCUT2D eigenvalue weighted by molar-refractivity contribution is 0.213. The van der Waals surface area contributed by atoms with Crippen molar-refractivity contribution in [1.29, 1.82) is 0 Å². The minimum atomic E-state index is 0. The predicted octanol–water partition coefficient (Wildman–Crippen LogP) is 0.616. The van der Waals surface area contributed by atoms with Crippen LogP contribution in [0.1, 0.15) is 26.2 Å². The van der Waals surface area contributed by atoms with E-state index >= 15 is 0 Å². The molecule has 0 saturated carbocycles. The second kappa shape index (κ2) is 5.75. The first-order valence-electron chi connectivity index (χ1n) is 3.92. The zero-order valence-corrected chi connectivity index (χ0v) is 6.77. The Morgan fingerprint density at radius 2 is 2.10 bits per heavy atom. The van der Waals surface area contributed by atoms with Crippen LogP contribution < -0.4 is 5.43 Å². The molecule has 0 spiro atoms. The van der Waals surface area contributed by atoms with Crippen molar-refractivity contribution in [1.82, 2.24) is 10.4 Å². The van der Waals surface area contributed by atoms with Gasteiger partial charge in [-0.25, -0.2) is 5.01 Å². The molecule has 3 radical (unpaired) electrons. The molecule has 1 fully saturated rings. The standard InChI is InChI=1S/C7H16N2.B/c1-2-9-7-5-3-4-6-8-9;/h8H,2-7H2,1H3;. The highest BCUT2D eigenvalue weighted by atomic mass is 15.5. The third-order valence-electron chi connectivity index (χ3n) is 1.82. The molecule has 0 aliphatic carbocycles. The van der Waals surface area contributed by atoms with Gasteiger partial charge in [0.05, 0.1) is 0 Å². The third kappa shape index (κ3) is 3.23. The van der Waals surface area contributed by atoms with Crippen LogP contribution in [-0.2, 0) is 0 Å². The predicted molar refractivity (Wildman–Crippen MR) is 44.9 cm³/mol. The molecule has 0 bridgehead atoms. The molecule has 0 aromatic carbocycles. The molecule has 0 aromatic rings. The number of hydrogen-bond donors (Lipinski definition) is 1. The molecule has 1 aliphatic rings. The molecule has 10 heavy (non-hydrogen) atoms. The van der Waals surface area contributed by atoms with Crippen molar-refractivity contribution in [2.45, 2.75) is 26.2 Å². The third-order valence-corrected chi connectivity index (χ3v) is 1.82.